The predicted octanol–water partition coefficient (Wildman–Crippen LogP) is 4.09. The highest BCUT2D eigenvalue weighted by molar-refractivity contribution is 7.89. The maximum atomic E-state index is 12.9. The second-order valence-electron chi connectivity index (χ2n) is 6.23. The molecule has 0 spiro atoms. The van der Waals surface area contributed by atoms with Crippen molar-refractivity contribution >= 4 is 44.8 Å². The molecule has 0 saturated carbocycles. The van der Waals surface area contributed by atoms with Crippen LogP contribution in [0.25, 0.3) is 0 Å². The van der Waals surface area contributed by atoms with Crippen molar-refractivity contribution in [1.82, 2.24) is 4.31 Å². The third-order valence-corrected chi connectivity index (χ3v) is 6.62. The van der Waals surface area contributed by atoms with E-state index in [0.29, 0.717) is 35.1 Å². The number of hydrogen-bond acceptors (Lipinski definition) is 3. The fourth-order valence-electron chi connectivity index (χ4n) is 2.99. The fraction of sp³-hybridized carbons (Fsp3) is 0.278. The molecule has 8 heteroatoms. The molecule has 1 N–H and O–H groups in total. The summed E-state index contributed by atoms with van der Waals surface area (Å²) < 4.78 is 27.1. The number of nitrogens with zero attached hydrogens (tertiary/aromatic N) is 1. The number of carbonyl (C=O) groups excluding carboxylic acids is 1. The van der Waals surface area contributed by atoms with Crippen LogP contribution >= 0.6 is 23.2 Å². The van der Waals surface area contributed by atoms with Crippen LogP contribution < -0.4 is 5.32 Å². The van der Waals surface area contributed by atoms with Gasteiger partial charge in [-0.05, 0) is 50.1 Å². The topological polar surface area (TPSA) is 66.5 Å². The minimum atomic E-state index is -3.74. The molecule has 0 bridgehead atoms. The lowest BCUT2D eigenvalue weighted by molar-refractivity contribution is -0.119. The molecule has 2 aromatic carbocycles. The van der Waals surface area contributed by atoms with Crippen LogP contribution in [-0.4, -0.2) is 31.2 Å². The average Bonchev–Trinajstić information content (AvgIpc) is 3.05. The van der Waals surface area contributed by atoms with Gasteiger partial charge in [0.2, 0.25) is 15.9 Å². The van der Waals surface area contributed by atoms with E-state index in [0.717, 1.165) is 5.56 Å². The van der Waals surface area contributed by atoms with Crippen LogP contribution in [0.4, 0.5) is 5.69 Å². The molecule has 1 fully saturated rings. The number of carbonyl (C=O) groups is 1. The molecule has 3 rings (SSSR count). The van der Waals surface area contributed by atoms with E-state index in [4.69, 9.17) is 23.2 Å². The van der Waals surface area contributed by atoms with E-state index >= 15 is 0 Å². The number of sulfonamides is 1. The highest BCUT2D eigenvalue weighted by Gasteiger charge is 2.39. The van der Waals surface area contributed by atoms with Crippen LogP contribution in [-0.2, 0) is 14.8 Å². The van der Waals surface area contributed by atoms with Gasteiger partial charge in [0.1, 0.15) is 6.04 Å². The van der Waals surface area contributed by atoms with Gasteiger partial charge >= 0.3 is 0 Å². The Morgan fingerprint density at radius 3 is 2.35 bits per heavy atom. The first-order chi connectivity index (χ1) is 12.3. The second-order valence-corrected chi connectivity index (χ2v) is 9.00. The van der Waals surface area contributed by atoms with Crippen molar-refractivity contribution in [3.05, 3.63) is 58.1 Å². The first-order valence-corrected chi connectivity index (χ1v) is 10.3. The van der Waals surface area contributed by atoms with Gasteiger partial charge in [0, 0.05) is 22.3 Å². The van der Waals surface area contributed by atoms with Crippen molar-refractivity contribution in [3.63, 3.8) is 0 Å². The Morgan fingerprint density at radius 1 is 1.12 bits per heavy atom. The zero-order valence-electron chi connectivity index (χ0n) is 14.1. The molecule has 1 aliphatic heterocycles. The van der Waals surface area contributed by atoms with Gasteiger partial charge in [-0.15, -0.1) is 0 Å². The van der Waals surface area contributed by atoms with E-state index < -0.39 is 22.0 Å². The highest BCUT2D eigenvalue weighted by atomic mass is 35.5. The minimum Gasteiger partial charge on any atom is -0.325 e. The Balaban J connectivity index is 1.83. The summed E-state index contributed by atoms with van der Waals surface area (Å²) in [6, 6.07) is 10.5. The van der Waals surface area contributed by atoms with Gasteiger partial charge in [0.25, 0.3) is 0 Å². The van der Waals surface area contributed by atoms with Gasteiger partial charge in [0.05, 0.1) is 4.90 Å². The van der Waals surface area contributed by atoms with E-state index in [1.54, 1.807) is 42.5 Å². The molecule has 5 nitrogen and oxygen atoms in total. The van der Waals surface area contributed by atoms with E-state index in [9.17, 15) is 13.2 Å². The Hall–Kier alpha value is -1.60. The van der Waals surface area contributed by atoms with Crippen LogP contribution in [0.2, 0.25) is 10.0 Å². The Morgan fingerprint density at radius 2 is 1.73 bits per heavy atom. The molecule has 2 aromatic rings. The van der Waals surface area contributed by atoms with Gasteiger partial charge < -0.3 is 5.32 Å². The predicted molar refractivity (Wildman–Crippen MR) is 103 cm³/mol. The Kier molecular flexibility index (Phi) is 5.58. The van der Waals surface area contributed by atoms with E-state index in [1.165, 1.54) is 4.31 Å². The van der Waals surface area contributed by atoms with Crippen molar-refractivity contribution in [3.8, 4) is 0 Å². The number of halogens is 2. The SMILES string of the molecule is Cc1ccc(S(=O)(=O)N2CCC[C@H]2C(=O)Nc2cc(Cl)cc(Cl)c2)cc1. The van der Waals surface area contributed by atoms with Gasteiger partial charge in [0.15, 0.2) is 0 Å². The molecule has 138 valence electrons. The van der Waals surface area contributed by atoms with Gasteiger partial charge in [-0.25, -0.2) is 8.42 Å². The molecule has 1 saturated heterocycles. The number of aryl methyl sites for hydroxylation is 1. The van der Waals surface area contributed by atoms with Gasteiger partial charge in [-0.1, -0.05) is 40.9 Å². The van der Waals surface area contributed by atoms with Gasteiger partial charge in [-0.3, -0.25) is 4.79 Å². The molecular weight excluding hydrogens is 395 g/mol. The van der Waals surface area contributed by atoms with Crippen LogP contribution in [0.15, 0.2) is 47.4 Å². The number of anilines is 1. The Labute approximate surface area is 163 Å². The summed E-state index contributed by atoms with van der Waals surface area (Å²) >= 11 is 11.9. The molecule has 0 unspecified atom stereocenters. The number of hydrogen-bond donors (Lipinski definition) is 1. The van der Waals surface area contributed by atoms with E-state index in [1.807, 2.05) is 6.92 Å². The van der Waals surface area contributed by atoms with Crippen molar-refractivity contribution in [2.45, 2.75) is 30.7 Å². The van der Waals surface area contributed by atoms with Crippen LogP contribution in [0.5, 0.6) is 0 Å². The molecule has 26 heavy (non-hydrogen) atoms. The Bertz CT molecular complexity index is 910. The summed E-state index contributed by atoms with van der Waals surface area (Å²) in [5.74, 6) is -0.392. The molecule has 1 amide bonds. The molecular formula is C18H18Cl2N2O3S. The number of rotatable bonds is 4. The number of benzene rings is 2. The molecule has 0 aromatic heterocycles. The molecule has 0 radical (unpaired) electrons. The smallest absolute Gasteiger partial charge is 0.243 e. The van der Waals surface area contributed by atoms with Crippen LogP contribution in [0.3, 0.4) is 0 Å². The minimum absolute atomic E-state index is 0.189. The first kappa shape index (κ1) is 19.2. The largest absolute Gasteiger partial charge is 0.325 e. The molecule has 1 aliphatic rings. The number of nitrogens with one attached hydrogen (secondary N) is 1. The summed E-state index contributed by atoms with van der Waals surface area (Å²) in [6.07, 6.45) is 1.09. The molecule has 0 aliphatic carbocycles. The van der Waals surface area contributed by atoms with E-state index in [2.05, 4.69) is 5.32 Å². The monoisotopic (exact) mass is 412 g/mol. The van der Waals surface area contributed by atoms with Crippen molar-refractivity contribution in [2.24, 2.45) is 0 Å². The third-order valence-electron chi connectivity index (χ3n) is 4.26. The zero-order chi connectivity index (χ0) is 18.9. The first-order valence-electron chi connectivity index (χ1n) is 8.13. The standard InChI is InChI=1S/C18H18Cl2N2O3S/c1-12-4-6-16(7-5-12)26(24,25)22-8-2-3-17(22)18(23)21-15-10-13(19)9-14(20)11-15/h4-7,9-11,17H,2-3,8H2,1H3,(H,21,23)/t17-/m0/s1. The maximum absolute atomic E-state index is 12.9. The molecule has 1 heterocycles. The third kappa shape index (κ3) is 4.04. The van der Waals surface area contributed by atoms with Gasteiger partial charge in [-0.2, -0.15) is 4.31 Å². The van der Waals surface area contributed by atoms with Crippen molar-refractivity contribution < 1.29 is 13.2 Å². The average molecular weight is 413 g/mol. The lowest BCUT2D eigenvalue weighted by Crippen LogP contribution is -2.43. The maximum Gasteiger partial charge on any atom is 0.243 e. The highest BCUT2D eigenvalue weighted by Crippen LogP contribution is 2.28. The van der Waals surface area contributed by atoms with Crippen molar-refractivity contribution in [2.75, 3.05) is 11.9 Å². The van der Waals surface area contributed by atoms with Crippen LogP contribution in [0.1, 0.15) is 18.4 Å². The van der Waals surface area contributed by atoms with Crippen molar-refractivity contribution in [1.29, 1.82) is 0 Å². The summed E-state index contributed by atoms with van der Waals surface area (Å²) in [7, 11) is -3.74. The molecule has 1 atom stereocenters. The van der Waals surface area contributed by atoms with Crippen LogP contribution in [0, 0.1) is 6.92 Å². The summed E-state index contributed by atoms with van der Waals surface area (Å²) in [5.41, 5.74) is 1.41. The zero-order valence-corrected chi connectivity index (χ0v) is 16.4. The fourth-order valence-corrected chi connectivity index (χ4v) is 5.17. The van der Waals surface area contributed by atoms with E-state index in [-0.39, 0.29) is 4.90 Å². The lowest BCUT2D eigenvalue weighted by Gasteiger charge is -2.23. The lowest BCUT2D eigenvalue weighted by atomic mass is 10.2. The normalized spacial score (nSPS) is 18.0. The summed E-state index contributed by atoms with van der Waals surface area (Å²) in [6.45, 7) is 2.20. The summed E-state index contributed by atoms with van der Waals surface area (Å²) in [5, 5.41) is 3.50. The second kappa shape index (κ2) is 7.56. The quantitative estimate of drug-likeness (QED) is 0.821. The number of amides is 1. The summed E-state index contributed by atoms with van der Waals surface area (Å²) in [4.78, 5) is 12.9.